The van der Waals surface area contributed by atoms with E-state index < -0.39 is 37.0 Å². The zero-order valence-electron chi connectivity index (χ0n) is 20.6. The number of carbonyl (C=O) groups is 2. The normalized spacial score (nSPS) is 14.7. The molecule has 190 valence electrons. The Balaban J connectivity index is 2.13. The smallest absolute Gasteiger partial charge is 0.326 e. The zero-order valence-corrected chi connectivity index (χ0v) is 21.5. The fraction of sp³-hybridized carbons (Fsp3) is 0.667. The molecule has 0 fully saturated rings. The van der Waals surface area contributed by atoms with Crippen molar-refractivity contribution in [1.29, 1.82) is 0 Å². The number of nitrogens with zero attached hydrogens (tertiary/aromatic N) is 4. The second-order valence-electron chi connectivity index (χ2n) is 8.89. The molecule has 2 heterocycles. The van der Waals surface area contributed by atoms with Gasteiger partial charge in [-0.05, 0) is 41.0 Å². The molecule has 0 aliphatic heterocycles. The van der Waals surface area contributed by atoms with Gasteiger partial charge in [0, 0.05) is 0 Å². The van der Waals surface area contributed by atoms with Crippen LogP contribution in [0.15, 0.2) is 12.7 Å². The second-order valence-corrected chi connectivity index (χ2v) is 11.5. The van der Waals surface area contributed by atoms with Crippen LogP contribution in [-0.2, 0) is 34.9 Å². The van der Waals surface area contributed by atoms with Crippen LogP contribution in [0.25, 0.3) is 11.2 Å². The Morgan fingerprint density at radius 1 is 1.24 bits per heavy atom. The number of hydrogen-bond donors (Lipinski definition) is 2. The van der Waals surface area contributed by atoms with Gasteiger partial charge in [-0.3, -0.25) is 9.59 Å². The number of nitrogen functional groups attached to an aromatic ring is 1. The first-order chi connectivity index (χ1) is 15.9. The van der Waals surface area contributed by atoms with Crippen LogP contribution in [0.1, 0.15) is 48.0 Å². The van der Waals surface area contributed by atoms with Crippen LogP contribution < -0.4 is 10.8 Å². The first-order valence-corrected chi connectivity index (χ1v) is 13.2. The summed E-state index contributed by atoms with van der Waals surface area (Å²) in [5.74, 6) is -0.943. The number of aromatic nitrogens is 4. The van der Waals surface area contributed by atoms with Crippen LogP contribution in [-0.4, -0.2) is 68.3 Å². The van der Waals surface area contributed by atoms with Crippen LogP contribution in [0.2, 0.25) is 0 Å². The molecule has 0 aliphatic carbocycles. The van der Waals surface area contributed by atoms with Crippen LogP contribution in [0.3, 0.4) is 0 Å². The summed E-state index contributed by atoms with van der Waals surface area (Å²) >= 11 is 0. The van der Waals surface area contributed by atoms with Crippen LogP contribution in [0.5, 0.6) is 0 Å². The molecule has 0 radical (unpaired) electrons. The molecule has 0 saturated heterocycles. The highest BCUT2D eigenvalue weighted by Crippen LogP contribution is 2.44. The van der Waals surface area contributed by atoms with Crippen LogP contribution in [0, 0.1) is 0 Å². The number of nitrogens with two attached hydrogens (primary N) is 1. The number of imidazole rings is 1. The summed E-state index contributed by atoms with van der Waals surface area (Å²) in [5.41, 5.74) is 5.55. The molecule has 2 aromatic rings. The fourth-order valence-corrected chi connectivity index (χ4v) is 5.50. The van der Waals surface area contributed by atoms with Crippen molar-refractivity contribution in [2.24, 2.45) is 0 Å². The number of fused-ring (bicyclic) bond motifs is 1. The number of ether oxygens (including phenoxy) is 3. The first kappa shape index (κ1) is 27.7. The van der Waals surface area contributed by atoms with E-state index in [0.29, 0.717) is 24.1 Å². The molecule has 0 aliphatic rings. The Hall–Kier alpha value is -2.56. The number of rotatable bonds is 13. The Morgan fingerprint density at radius 2 is 1.94 bits per heavy atom. The average Bonchev–Trinajstić information content (AvgIpc) is 3.13. The van der Waals surface area contributed by atoms with Gasteiger partial charge >= 0.3 is 11.9 Å². The van der Waals surface area contributed by atoms with E-state index in [0.717, 1.165) is 0 Å². The maximum absolute atomic E-state index is 13.8. The highest BCUT2D eigenvalue weighted by Gasteiger charge is 2.39. The van der Waals surface area contributed by atoms with Gasteiger partial charge in [-0.2, -0.15) is 0 Å². The van der Waals surface area contributed by atoms with E-state index in [1.807, 2.05) is 6.92 Å². The predicted molar refractivity (Wildman–Crippen MR) is 127 cm³/mol. The van der Waals surface area contributed by atoms with Gasteiger partial charge in [0.15, 0.2) is 18.8 Å². The van der Waals surface area contributed by atoms with Gasteiger partial charge in [0.1, 0.15) is 29.9 Å². The second kappa shape index (κ2) is 11.7. The quantitative estimate of drug-likeness (QED) is 0.308. The summed E-state index contributed by atoms with van der Waals surface area (Å²) in [6.07, 6.45) is 2.04. The van der Waals surface area contributed by atoms with Crippen molar-refractivity contribution in [1.82, 2.24) is 24.6 Å². The minimum atomic E-state index is -3.56. The van der Waals surface area contributed by atoms with Gasteiger partial charge in [-0.1, -0.05) is 6.92 Å². The summed E-state index contributed by atoms with van der Waals surface area (Å²) in [5, 5.41) is 2.83. The summed E-state index contributed by atoms with van der Waals surface area (Å²) in [6, 6.07) is 0. The predicted octanol–water partition coefficient (Wildman–Crippen LogP) is 2.32. The molecule has 34 heavy (non-hydrogen) atoms. The topological polar surface area (TPSA) is 161 Å². The molecule has 12 nitrogen and oxygen atoms in total. The van der Waals surface area contributed by atoms with E-state index in [-0.39, 0.29) is 24.9 Å². The van der Waals surface area contributed by atoms with Gasteiger partial charge in [-0.15, -0.1) is 0 Å². The Kier molecular flexibility index (Phi) is 9.54. The van der Waals surface area contributed by atoms with Gasteiger partial charge in [-0.25, -0.2) is 20.0 Å². The number of nitrogens with one attached hydrogen (secondary N) is 1. The molecule has 2 atom stereocenters. The minimum Gasteiger partial charge on any atom is -0.464 e. The molecule has 0 amide bonds. The van der Waals surface area contributed by atoms with Crippen LogP contribution >= 0.6 is 7.29 Å². The highest BCUT2D eigenvalue weighted by atomic mass is 31.2. The molecule has 13 heteroatoms. The minimum absolute atomic E-state index is 0.240. The van der Waals surface area contributed by atoms with Gasteiger partial charge < -0.3 is 29.1 Å². The number of anilines is 1. The highest BCUT2D eigenvalue weighted by molar-refractivity contribution is 7.62. The molecular weight excluding hydrogens is 463 g/mol. The number of esters is 2. The number of hydrogen-bond acceptors (Lipinski definition) is 10. The van der Waals surface area contributed by atoms with E-state index in [4.69, 9.17) is 19.9 Å². The van der Waals surface area contributed by atoms with E-state index in [9.17, 15) is 14.2 Å². The first-order valence-electron chi connectivity index (χ1n) is 11.1. The van der Waals surface area contributed by atoms with Crippen molar-refractivity contribution in [3.8, 4) is 0 Å². The summed E-state index contributed by atoms with van der Waals surface area (Å²) in [4.78, 5) is 37.1. The lowest BCUT2D eigenvalue weighted by atomic mass is 10.1. The lowest BCUT2D eigenvalue weighted by Crippen LogP contribution is -2.47. The van der Waals surface area contributed by atoms with Gasteiger partial charge in [0.2, 0.25) is 0 Å². The Labute approximate surface area is 199 Å². The zero-order chi connectivity index (χ0) is 25.5. The van der Waals surface area contributed by atoms with E-state index in [1.165, 1.54) is 6.33 Å². The van der Waals surface area contributed by atoms with Crippen LogP contribution in [0.4, 0.5) is 5.82 Å². The standard InChI is InChI=1S/C21H35N6O6P/c1-7-8-31-20(29)21(5,6)26-34(30,10-16(28)33-14(2)3)13-32-15(4)9-27-12-25-17-18(22)23-11-24-19(17)27/h11-12,14-15H,7-10,13H2,1-6H3,(H,26,30)(H2,22,23,24)/t15-,34?/m0/s1. The monoisotopic (exact) mass is 498 g/mol. The molecule has 0 saturated carbocycles. The third kappa shape index (κ3) is 7.75. The molecule has 2 rings (SSSR count). The number of carbonyl (C=O) groups excluding carboxylic acids is 2. The third-order valence-corrected chi connectivity index (χ3v) is 6.94. The summed E-state index contributed by atoms with van der Waals surface area (Å²) in [7, 11) is -3.56. The molecule has 1 unspecified atom stereocenters. The Bertz CT molecular complexity index is 1040. The third-order valence-electron chi connectivity index (χ3n) is 4.63. The van der Waals surface area contributed by atoms with Crippen molar-refractivity contribution in [3.05, 3.63) is 12.7 Å². The molecule has 2 aromatic heterocycles. The fourth-order valence-electron chi connectivity index (χ4n) is 3.17. The lowest BCUT2D eigenvalue weighted by Gasteiger charge is -2.30. The van der Waals surface area contributed by atoms with Crippen molar-refractivity contribution < 1.29 is 28.4 Å². The SMILES string of the molecule is CCCOC(=O)C(C)(C)NP(=O)(CO[C@@H](C)Cn1cnc2c(N)ncnc21)CC(=O)OC(C)C. The maximum Gasteiger partial charge on any atom is 0.326 e. The molecule has 3 N–H and O–H groups in total. The molecular formula is C21H35N6O6P. The maximum atomic E-state index is 13.8. The Morgan fingerprint density at radius 3 is 2.59 bits per heavy atom. The molecule has 0 aromatic carbocycles. The summed E-state index contributed by atoms with van der Waals surface area (Å²) in [6.45, 7) is 10.7. The largest absolute Gasteiger partial charge is 0.464 e. The van der Waals surface area contributed by atoms with Gasteiger partial charge in [0.25, 0.3) is 0 Å². The van der Waals surface area contributed by atoms with Crippen molar-refractivity contribution in [2.75, 3.05) is 24.9 Å². The molecule has 0 spiro atoms. The lowest BCUT2D eigenvalue weighted by molar-refractivity contribution is -0.149. The average molecular weight is 499 g/mol. The van der Waals surface area contributed by atoms with E-state index >= 15 is 0 Å². The van der Waals surface area contributed by atoms with Crippen molar-refractivity contribution >= 4 is 36.2 Å². The van der Waals surface area contributed by atoms with Gasteiger partial charge in [0.05, 0.1) is 31.7 Å². The van der Waals surface area contributed by atoms with E-state index in [2.05, 4.69) is 20.0 Å². The molecule has 0 bridgehead atoms. The van der Waals surface area contributed by atoms with Crippen molar-refractivity contribution in [3.63, 3.8) is 0 Å². The van der Waals surface area contributed by atoms with E-state index in [1.54, 1.807) is 45.5 Å². The van der Waals surface area contributed by atoms with Crippen molar-refractivity contribution in [2.45, 2.75) is 72.3 Å². The summed E-state index contributed by atoms with van der Waals surface area (Å²) < 4.78 is 31.8.